The molecule has 0 saturated heterocycles. The van der Waals surface area contributed by atoms with Crippen molar-refractivity contribution in [2.24, 2.45) is 17.8 Å². The molecule has 1 N–H and O–H groups in total. The average Bonchev–Trinajstić information content (AvgIpc) is 2.38. The SMILES string of the molecule is CC(C)CCCC(C)CCCC(C)CCCCCCO. The van der Waals surface area contributed by atoms with E-state index in [0.717, 1.165) is 24.2 Å². The van der Waals surface area contributed by atoms with Crippen LogP contribution in [-0.2, 0) is 0 Å². The summed E-state index contributed by atoms with van der Waals surface area (Å²) in [4.78, 5) is 0. The second kappa shape index (κ2) is 13.9. The first-order valence-corrected chi connectivity index (χ1v) is 9.17. The predicted octanol–water partition coefficient (Wildman–Crippen LogP) is 6.20. The van der Waals surface area contributed by atoms with Crippen LogP contribution in [0.25, 0.3) is 0 Å². The first-order chi connectivity index (χ1) is 9.56. The van der Waals surface area contributed by atoms with E-state index in [1.165, 1.54) is 64.2 Å². The average molecular weight is 285 g/mol. The van der Waals surface area contributed by atoms with E-state index < -0.39 is 0 Å². The van der Waals surface area contributed by atoms with Gasteiger partial charge < -0.3 is 5.11 Å². The topological polar surface area (TPSA) is 20.2 Å². The van der Waals surface area contributed by atoms with Crippen LogP contribution in [0.15, 0.2) is 0 Å². The van der Waals surface area contributed by atoms with Gasteiger partial charge >= 0.3 is 0 Å². The molecule has 0 fully saturated rings. The maximum Gasteiger partial charge on any atom is 0.0431 e. The van der Waals surface area contributed by atoms with Crippen molar-refractivity contribution in [3.8, 4) is 0 Å². The van der Waals surface area contributed by atoms with Crippen molar-refractivity contribution in [2.75, 3.05) is 6.61 Å². The van der Waals surface area contributed by atoms with Gasteiger partial charge in [-0.15, -0.1) is 0 Å². The quantitative estimate of drug-likeness (QED) is 0.377. The molecular weight excluding hydrogens is 244 g/mol. The summed E-state index contributed by atoms with van der Waals surface area (Å²) in [5.41, 5.74) is 0. The van der Waals surface area contributed by atoms with E-state index >= 15 is 0 Å². The van der Waals surface area contributed by atoms with Gasteiger partial charge in [-0.05, 0) is 24.2 Å². The lowest BCUT2D eigenvalue weighted by molar-refractivity contribution is 0.281. The fourth-order valence-electron chi connectivity index (χ4n) is 2.94. The molecule has 0 aliphatic carbocycles. The van der Waals surface area contributed by atoms with Crippen molar-refractivity contribution >= 4 is 0 Å². The molecule has 0 radical (unpaired) electrons. The zero-order valence-electron chi connectivity index (χ0n) is 14.7. The summed E-state index contributed by atoms with van der Waals surface area (Å²) >= 11 is 0. The Morgan fingerprint density at radius 1 is 0.550 bits per heavy atom. The Morgan fingerprint density at radius 2 is 1.00 bits per heavy atom. The molecule has 0 aliphatic heterocycles. The third-order valence-electron chi connectivity index (χ3n) is 4.48. The van der Waals surface area contributed by atoms with Crippen molar-refractivity contribution in [2.45, 2.75) is 98.3 Å². The van der Waals surface area contributed by atoms with E-state index in [4.69, 9.17) is 5.11 Å². The number of hydrogen-bond acceptors (Lipinski definition) is 1. The molecule has 0 rings (SSSR count). The summed E-state index contributed by atoms with van der Waals surface area (Å²) in [5.74, 6) is 2.69. The van der Waals surface area contributed by atoms with Gasteiger partial charge in [-0.1, -0.05) is 91.9 Å². The standard InChI is InChI=1S/C19H40O/c1-17(2)11-9-13-19(4)15-10-14-18(3)12-7-5-6-8-16-20/h17-20H,5-16H2,1-4H3. The Bertz CT molecular complexity index is 188. The Morgan fingerprint density at radius 3 is 1.50 bits per heavy atom. The summed E-state index contributed by atoms with van der Waals surface area (Å²) < 4.78 is 0. The fraction of sp³-hybridized carbons (Fsp3) is 1.00. The Hall–Kier alpha value is -0.0400. The number of aliphatic hydroxyl groups excluding tert-OH is 1. The van der Waals surface area contributed by atoms with Gasteiger partial charge in [0.1, 0.15) is 0 Å². The molecule has 2 atom stereocenters. The molecule has 0 aromatic rings. The second-order valence-electron chi connectivity index (χ2n) is 7.39. The van der Waals surface area contributed by atoms with Gasteiger partial charge in [0.25, 0.3) is 0 Å². The molecule has 0 heterocycles. The maximum atomic E-state index is 8.73. The van der Waals surface area contributed by atoms with Crippen LogP contribution in [0.2, 0.25) is 0 Å². The lowest BCUT2D eigenvalue weighted by Gasteiger charge is -2.15. The van der Waals surface area contributed by atoms with E-state index in [2.05, 4.69) is 27.7 Å². The lowest BCUT2D eigenvalue weighted by Crippen LogP contribution is -2.00. The second-order valence-corrected chi connectivity index (χ2v) is 7.39. The van der Waals surface area contributed by atoms with Gasteiger partial charge in [0.05, 0.1) is 0 Å². The highest BCUT2D eigenvalue weighted by atomic mass is 16.2. The molecule has 122 valence electrons. The van der Waals surface area contributed by atoms with Crippen LogP contribution < -0.4 is 0 Å². The van der Waals surface area contributed by atoms with Gasteiger partial charge in [0.2, 0.25) is 0 Å². The van der Waals surface area contributed by atoms with Crippen LogP contribution in [0.5, 0.6) is 0 Å². The molecule has 1 nitrogen and oxygen atoms in total. The third-order valence-corrected chi connectivity index (χ3v) is 4.48. The highest BCUT2D eigenvalue weighted by Crippen LogP contribution is 2.21. The van der Waals surface area contributed by atoms with E-state index in [1.54, 1.807) is 0 Å². The van der Waals surface area contributed by atoms with Crippen LogP contribution in [-0.4, -0.2) is 11.7 Å². The van der Waals surface area contributed by atoms with Crippen molar-refractivity contribution in [3.63, 3.8) is 0 Å². The summed E-state index contributed by atoms with van der Waals surface area (Å²) in [6.07, 6.45) is 14.7. The molecule has 0 spiro atoms. The lowest BCUT2D eigenvalue weighted by atomic mass is 9.92. The minimum absolute atomic E-state index is 0.365. The molecule has 0 aliphatic rings. The first kappa shape index (κ1) is 20.0. The van der Waals surface area contributed by atoms with Gasteiger partial charge in [-0.25, -0.2) is 0 Å². The molecule has 0 amide bonds. The van der Waals surface area contributed by atoms with Gasteiger partial charge in [0.15, 0.2) is 0 Å². The first-order valence-electron chi connectivity index (χ1n) is 9.17. The maximum absolute atomic E-state index is 8.73. The van der Waals surface area contributed by atoms with Crippen molar-refractivity contribution < 1.29 is 5.11 Å². The number of unbranched alkanes of at least 4 members (excludes halogenated alkanes) is 3. The van der Waals surface area contributed by atoms with Crippen LogP contribution in [0, 0.1) is 17.8 Å². The normalized spacial score (nSPS) is 14.7. The van der Waals surface area contributed by atoms with Crippen LogP contribution in [0.4, 0.5) is 0 Å². The van der Waals surface area contributed by atoms with Gasteiger partial charge in [-0.3, -0.25) is 0 Å². The van der Waals surface area contributed by atoms with Crippen molar-refractivity contribution in [1.29, 1.82) is 0 Å². The summed E-state index contributed by atoms with van der Waals surface area (Å²) in [7, 11) is 0. The predicted molar refractivity (Wildman–Crippen MR) is 91.0 cm³/mol. The molecule has 0 bridgehead atoms. The molecular formula is C19H40O. The molecule has 1 heteroatoms. The minimum Gasteiger partial charge on any atom is -0.396 e. The summed E-state index contributed by atoms with van der Waals surface area (Å²) in [6.45, 7) is 9.86. The fourth-order valence-corrected chi connectivity index (χ4v) is 2.94. The smallest absolute Gasteiger partial charge is 0.0431 e. The summed E-state index contributed by atoms with van der Waals surface area (Å²) in [5, 5.41) is 8.73. The van der Waals surface area contributed by atoms with E-state index in [1.807, 2.05) is 0 Å². The third kappa shape index (κ3) is 14.4. The summed E-state index contributed by atoms with van der Waals surface area (Å²) in [6, 6.07) is 0. The monoisotopic (exact) mass is 284 g/mol. The minimum atomic E-state index is 0.365. The number of hydrogen-bond donors (Lipinski definition) is 1. The molecule has 0 aromatic heterocycles. The van der Waals surface area contributed by atoms with E-state index in [0.29, 0.717) is 6.61 Å². The largest absolute Gasteiger partial charge is 0.396 e. The van der Waals surface area contributed by atoms with E-state index in [9.17, 15) is 0 Å². The molecule has 2 unspecified atom stereocenters. The Labute approximate surface area is 128 Å². The van der Waals surface area contributed by atoms with Crippen LogP contribution in [0.3, 0.4) is 0 Å². The van der Waals surface area contributed by atoms with Crippen molar-refractivity contribution in [3.05, 3.63) is 0 Å². The van der Waals surface area contributed by atoms with E-state index in [-0.39, 0.29) is 0 Å². The van der Waals surface area contributed by atoms with Crippen molar-refractivity contribution in [1.82, 2.24) is 0 Å². The van der Waals surface area contributed by atoms with Gasteiger partial charge in [-0.2, -0.15) is 0 Å². The Balaban J connectivity index is 3.34. The van der Waals surface area contributed by atoms with Crippen LogP contribution >= 0.6 is 0 Å². The van der Waals surface area contributed by atoms with Gasteiger partial charge in [0, 0.05) is 6.61 Å². The number of aliphatic hydroxyl groups is 1. The zero-order valence-corrected chi connectivity index (χ0v) is 14.7. The molecule has 0 saturated carbocycles. The van der Waals surface area contributed by atoms with Crippen LogP contribution in [0.1, 0.15) is 98.3 Å². The Kier molecular flexibility index (Phi) is 13.9. The zero-order chi connectivity index (χ0) is 15.2. The molecule has 20 heavy (non-hydrogen) atoms. The number of rotatable bonds is 14. The highest BCUT2D eigenvalue weighted by Gasteiger charge is 2.06. The highest BCUT2D eigenvalue weighted by molar-refractivity contribution is 4.59. The molecule has 0 aromatic carbocycles.